The van der Waals surface area contributed by atoms with Crippen LogP contribution in [0.5, 0.6) is 0 Å². The largest absolute Gasteiger partial charge is 0.277 e. The predicted octanol–water partition coefficient (Wildman–Crippen LogP) is 3.44. The summed E-state index contributed by atoms with van der Waals surface area (Å²) in [5.41, 5.74) is 1.00. The maximum absolute atomic E-state index is 13.2. The Balaban J connectivity index is 2.39. The van der Waals surface area contributed by atoms with Gasteiger partial charge in [-0.1, -0.05) is 6.08 Å². The Hall–Kier alpha value is -2.22. The number of benzene rings is 1. The Kier molecular flexibility index (Phi) is 3.38. The van der Waals surface area contributed by atoms with Crippen molar-refractivity contribution in [1.82, 2.24) is 0 Å². The average molecular weight is 246 g/mol. The van der Waals surface area contributed by atoms with Crippen molar-refractivity contribution in [1.29, 1.82) is 5.26 Å². The lowest BCUT2D eigenvalue weighted by Crippen LogP contribution is -2.04. The van der Waals surface area contributed by atoms with Crippen LogP contribution in [0.25, 0.3) is 5.57 Å². The van der Waals surface area contributed by atoms with E-state index in [-0.39, 0.29) is 11.6 Å². The van der Waals surface area contributed by atoms with Gasteiger partial charge in [-0.3, -0.25) is 10.1 Å². The zero-order chi connectivity index (χ0) is 13.1. The fourth-order valence-electron chi connectivity index (χ4n) is 2.12. The van der Waals surface area contributed by atoms with Gasteiger partial charge in [0.1, 0.15) is 5.82 Å². The zero-order valence-corrected chi connectivity index (χ0v) is 9.60. The normalized spacial score (nSPS) is 18.9. The second kappa shape index (κ2) is 4.96. The number of hydrogen-bond donors (Lipinski definition) is 0. The third-order valence-electron chi connectivity index (χ3n) is 3.09. The second-order valence-corrected chi connectivity index (χ2v) is 4.25. The van der Waals surface area contributed by atoms with E-state index in [4.69, 9.17) is 5.26 Å². The van der Waals surface area contributed by atoms with Gasteiger partial charge in [0.05, 0.1) is 22.5 Å². The van der Waals surface area contributed by atoms with Crippen molar-refractivity contribution < 1.29 is 9.31 Å². The van der Waals surface area contributed by atoms with Crippen LogP contribution in [0.2, 0.25) is 0 Å². The fraction of sp³-hybridized carbons (Fsp3) is 0.308. The molecule has 0 saturated carbocycles. The van der Waals surface area contributed by atoms with Gasteiger partial charge in [-0.05, 0) is 37.0 Å². The summed E-state index contributed by atoms with van der Waals surface area (Å²) < 4.78 is 13.2. The molecule has 0 amide bonds. The van der Waals surface area contributed by atoms with Gasteiger partial charge in [0.15, 0.2) is 0 Å². The van der Waals surface area contributed by atoms with Gasteiger partial charge in [0.25, 0.3) is 5.69 Å². The lowest BCUT2D eigenvalue weighted by atomic mass is 9.87. The van der Waals surface area contributed by atoms with Crippen molar-refractivity contribution in [3.63, 3.8) is 0 Å². The van der Waals surface area contributed by atoms with Gasteiger partial charge >= 0.3 is 0 Å². The standard InChI is InChI=1S/C13H11FN2O2/c14-11-5-6-13(16(17)18)12(7-11)10-3-1-9(8-15)2-4-10/h3,5-7,9H,1-2,4H2. The van der Waals surface area contributed by atoms with Crippen molar-refractivity contribution in [3.8, 4) is 6.07 Å². The topological polar surface area (TPSA) is 66.9 Å². The predicted molar refractivity (Wildman–Crippen MR) is 64.0 cm³/mol. The van der Waals surface area contributed by atoms with Crippen LogP contribution < -0.4 is 0 Å². The number of hydrogen-bond acceptors (Lipinski definition) is 3. The van der Waals surface area contributed by atoms with Crippen molar-refractivity contribution >= 4 is 11.3 Å². The summed E-state index contributed by atoms with van der Waals surface area (Å²) in [5.74, 6) is -0.528. The van der Waals surface area contributed by atoms with E-state index < -0.39 is 10.7 Å². The number of nitro groups is 1. The molecule has 92 valence electrons. The number of allylic oxidation sites excluding steroid dienone is 2. The minimum absolute atomic E-state index is 0.0404. The molecule has 1 aliphatic carbocycles. The summed E-state index contributed by atoms with van der Waals surface area (Å²) in [6.45, 7) is 0. The molecular formula is C13H11FN2O2. The van der Waals surface area contributed by atoms with Crippen LogP contribution in [0, 0.1) is 33.2 Å². The Labute approximate surface area is 104 Å². The van der Waals surface area contributed by atoms with E-state index in [1.165, 1.54) is 12.1 Å². The number of nitrogens with zero attached hydrogens (tertiary/aromatic N) is 2. The van der Waals surface area contributed by atoms with E-state index in [0.29, 0.717) is 24.8 Å². The first-order valence-corrected chi connectivity index (χ1v) is 5.65. The number of nitriles is 1. The molecule has 0 aliphatic heterocycles. The van der Waals surface area contributed by atoms with Gasteiger partial charge in [-0.2, -0.15) is 5.26 Å². The lowest BCUT2D eigenvalue weighted by molar-refractivity contribution is -0.385. The van der Waals surface area contributed by atoms with Crippen LogP contribution in [0.1, 0.15) is 24.8 Å². The van der Waals surface area contributed by atoms with Gasteiger partial charge in [0.2, 0.25) is 0 Å². The van der Waals surface area contributed by atoms with Crippen LogP contribution >= 0.6 is 0 Å². The molecule has 4 nitrogen and oxygen atoms in total. The van der Waals surface area contributed by atoms with Crippen molar-refractivity contribution in [2.45, 2.75) is 19.3 Å². The summed E-state index contributed by atoms with van der Waals surface area (Å²) in [6, 6.07) is 5.63. The van der Waals surface area contributed by atoms with E-state index in [0.717, 1.165) is 11.6 Å². The molecule has 5 heteroatoms. The molecular weight excluding hydrogens is 235 g/mol. The molecule has 0 bridgehead atoms. The SMILES string of the molecule is N#CC1CC=C(c2cc(F)ccc2[N+](=O)[O-])CC1. The van der Waals surface area contributed by atoms with Crippen LogP contribution in [-0.4, -0.2) is 4.92 Å². The first-order valence-electron chi connectivity index (χ1n) is 5.65. The van der Waals surface area contributed by atoms with Crippen LogP contribution in [0.4, 0.5) is 10.1 Å². The molecule has 0 N–H and O–H groups in total. The molecule has 1 aliphatic rings. The molecule has 0 heterocycles. The molecule has 0 radical (unpaired) electrons. The highest BCUT2D eigenvalue weighted by atomic mass is 19.1. The molecule has 0 spiro atoms. The van der Waals surface area contributed by atoms with Crippen molar-refractivity contribution in [3.05, 3.63) is 45.8 Å². The zero-order valence-electron chi connectivity index (χ0n) is 9.60. The molecule has 1 atom stereocenters. The van der Waals surface area contributed by atoms with E-state index in [2.05, 4.69) is 6.07 Å². The minimum atomic E-state index is -0.508. The lowest BCUT2D eigenvalue weighted by Gasteiger charge is -2.16. The summed E-state index contributed by atoms with van der Waals surface area (Å²) in [7, 11) is 0. The van der Waals surface area contributed by atoms with Gasteiger partial charge in [0, 0.05) is 6.07 Å². The third-order valence-corrected chi connectivity index (χ3v) is 3.09. The first-order chi connectivity index (χ1) is 8.61. The third kappa shape index (κ3) is 2.38. The van der Waals surface area contributed by atoms with E-state index >= 15 is 0 Å². The quantitative estimate of drug-likeness (QED) is 0.593. The van der Waals surface area contributed by atoms with E-state index in [1.807, 2.05) is 0 Å². The molecule has 1 aromatic carbocycles. The average Bonchev–Trinajstić information content (AvgIpc) is 2.38. The van der Waals surface area contributed by atoms with Crippen molar-refractivity contribution in [2.75, 3.05) is 0 Å². The first kappa shape index (κ1) is 12.2. The maximum Gasteiger partial charge on any atom is 0.277 e. The van der Waals surface area contributed by atoms with Crippen LogP contribution in [0.15, 0.2) is 24.3 Å². The van der Waals surface area contributed by atoms with E-state index in [1.54, 1.807) is 6.08 Å². The fourth-order valence-corrected chi connectivity index (χ4v) is 2.12. The Morgan fingerprint density at radius 2 is 2.28 bits per heavy atom. The Morgan fingerprint density at radius 1 is 1.50 bits per heavy atom. The second-order valence-electron chi connectivity index (χ2n) is 4.25. The highest BCUT2D eigenvalue weighted by Gasteiger charge is 2.21. The van der Waals surface area contributed by atoms with Crippen LogP contribution in [-0.2, 0) is 0 Å². The summed E-state index contributed by atoms with van der Waals surface area (Å²) in [6.07, 6.45) is 3.61. The molecule has 1 aromatic rings. The number of halogens is 1. The molecule has 1 unspecified atom stereocenters. The highest BCUT2D eigenvalue weighted by molar-refractivity contribution is 5.73. The van der Waals surface area contributed by atoms with Gasteiger partial charge in [-0.15, -0.1) is 0 Å². The van der Waals surface area contributed by atoms with E-state index in [9.17, 15) is 14.5 Å². The Morgan fingerprint density at radius 3 is 2.83 bits per heavy atom. The summed E-state index contributed by atoms with van der Waals surface area (Å²) >= 11 is 0. The number of nitro benzene ring substituents is 1. The van der Waals surface area contributed by atoms with Crippen LogP contribution in [0.3, 0.4) is 0 Å². The molecule has 0 saturated heterocycles. The Bertz CT molecular complexity index is 561. The van der Waals surface area contributed by atoms with Gasteiger partial charge in [-0.25, -0.2) is 4.39 Å². The summed E-state index contributed by atoms with van der Waals surface area (Å²) in [4.78, 5) is 10.4. The highest BCUT2D eigenvalue weighted by Crippen LogP contribution is 2.34. The molecule has 0 aromatic heterocycles. The molecule has 0 fully saturated rings. The monoisotopic (exact) mass is 246 g/mol. The van der Waals surface area contributed by atoms with Crippen molar-refractivity contribution in [2.24, 2.45) is 5.92 Å². The molecule has 18 heavy (non-hydrogen) atoms. The minimum Gasteiger partial charge on any atom is -0.258 e. The summed E-state index contributed by atoms with van der Waals surface area (Å²) in [5, 5.41) is 19.7. The maximum atomic E-state index is 13.2. The van der Waals surface area contributed by atoms with Gasteiger partial charge < -0.3 is 0 Å². The smallest absolute Gasteiger partial charge is 0.258 e. The molecule has 2 rings (SSSR count). The number of rotatable bonds is 2.